The number of amides is 4. The van der Waals surface area contributed by atoms with E-state index in [-0.39, 0.29) is 45.2 Å². The summed E-state index contributed by atoms with van der Waals surface area (Å²) in [5.41, 5.74) is -3.92. The Morgan fingerprint density at radius 3 is 2.52 bits per heavy atom. The molecule has 3 aliphatic heterocycles. The van der Waals surface area contributed by atoms with Crippen LogP contribution in [0.15, 0.2) is 63.1 Å². The lowest BCUT2D eigenvalue weighted by Crippen LogP contribution is -2.72. The molecule has 3 atom stereocenters. The first kappa shape index (κ1) is 38.4. The predicted octanol–water partition coefficient (Wildman–Crippen LogP) is -0.819. The van der Waals surface area contributed by atoms with Gasteiger partial charge in [0.15, 0.2) is 4.34 Å². The third-order valence-electron chi connectivity index (χ3n) is 9.08. The average molecular weight is 823 g/mol. The van der Waals surface area contributed by atoms with Crippen molar-refractivity contribution in [2.45, 2.75) is 27.9 Å². The molecular formula is C33H30N10O10S3. The fourth-order valence-electron chi connectivity index (χ4n) is 6.21. The number of hydrogen-bond acceptors (Lipinski definition) is 16. The lowest BCUT2D eigenvalue weighted by atomic mass is 9.98. The number of aliphatic hydroxyl groups is 1. The van der Waals surface area contributed by atoms with Gasteiger partial charge in [0, 0.05) is 55.6 Å². The van der Waals surface area contributed by atoms with Crippen molar-refractivity contribution in [2.75, 3.05) is 42.6 Å². The molecule has 6 heterocycles. The molecule has 20 nitrogen and oxygen atoms in total. The molecule has 1 aromatic carbocycles. The number of piperazine rings is 1. The molecule has 23 heteroatoms. The highest BCUT2D eigenvalue weighted by atomic mass is 32.2. The van der Waals surface area contributed by atoms with Crippen LogP contribution in [0, 0.1) is 0 Å². The summed E-state index contributed by atoms with van der Waals surface area (Å²) in [7, 11) is 0. The van der Waals surface area contributed by atoms with Gasteiger partial charge in [0.1, 0.15) is 33.3 Å². The number of carbonyl (C=O) groups excluding carboxylic acids is 4. The second-order valence-electron chi connectivity index (χ2n) is 12.6. The number of H-pyrrole nitrogens is 1. The first-order chi connectivity index (χ1) is 26.9. The topological polar surface area (TPSA) is 281 Å². The van der Waals surface area contributed by atoms with Crippen molar-refractivity contribution in [1.29, 1.82) is 0 Å². The quantitative estimate of drug-likeness (QED) is 0.0416. The molecule has 3 aliphatic rings. The van der Waals surface area contributed by atoms with Crippen LogP contribution in [0.3, 0.4) is 0 Å². The van der Waals surface area contributed by atoms with Gasteiger partial charge in [0.25, 0.3) is 17.7 Å². The number of β-lactam (4-membered cyclic amide) rings is 1. The van der Waals surface area contributed by atoms with Crippen LogP contribution in [0.5, 0.6) is 0 Å². The Morgan fingerprint density at radius 1 is 1.07 bits per heavy atom. The van der Waals surface area contributed by atoms with E-state index in [2.05, 4.69) is 35.8 Å². The summed E-state index contributed by atoms with van der Waals surface area (Å²) in [6.45, 7) is 1.89. The Kier molecular flexibility index (Phi) is 10.7. The first-order valence-electron chi connectivity index (χ1n) is 16.7. The van der Waals surface area contributed by atoms with Crippen molar-refractivity contribution in [3.63, 3.8) is 0 Å². The van der Waals surface area contributed by atoms with Gasteiger partial charge in [-0.3, -0.25) is 33.7 Å². The number of aromatic nitrogens is 5. The molecule has 0 aliphatic carbocycles. The highest BCUT2D eigenvalue weighted by molar-refractivity contribution is 8.01. The Hall–Kier alpha value is -5.91. The van der Waals surface area contributed by atoms with Crippen molar-refractivity contribution in [2.24, 2.45) is 0 Å². The van der Waals surface area contributed by atoms with Gasteiger partial charge in [-0.1, -0.05) is 53.4 Å². The van der Waals surface area contributed by atoms with Crippen molar-refractivity contribution in [1.82, 2.24) is 45.6 Å². The summed E-state index contributed by atoms with van der Waals surface area (Å²) < 4.78 is 0.420. The summed E-state index contributed by atoms with van der Waals surface area (Å²) in [5, 5.41) is 42.8. The maximum atomic E-state index is 13.9. The molecule has 0 radical (unpaired) electrons. The number of aromatic amines is 1. The standard InChI is InChI=1S/C33H30N10O10S3/c44-15-41-6-8-42(9-7-41)31-35-11-18-24(47)19(12-34-25(18)37-31)26(48)38-33(53,17-4-2-1-3-5-17)30(52)36-22-27(49)43-23(29(50)51)16(13-54-28(22)43)14-55-32-40-39-20(56-32)10-21(45)46/h1-5,11-12,15,22,28,53H,6-10,13-14H2,(H,36,52)(H,38,48)(H,45,46)(H,50,51)(H,34,35,37,47)/t22?,28-,33?/m0/s1. The third-order valence-corrected chi connectivity index (χ3v) is 12.6. The van der Waals surface area contributed by atoms with Crippen LogP contribution in [-0.4, -0.2) is 135 Å². The van der Waals surface area contributed by atoms with Crippen LogP contribution >= 0.6 is 34.9 Å². The molecule has 2 saturated heterocycles. The summed E-state index contributed by atoms with van der Waals surface area (Å²) in [6, 6.07) is 6.04. The number of hydrogen-bond donors (Lipinski definition) is 6. The van der Waals surface area contributed by atoms with E-state index in [1.54, 1.807) is 11.0 Å². The third kappa shape index (κ3) is 7.39. The number of carboxylic acids is 2. The van der Waals surface area contributed by atoms with Crippen LogP contribution in [0.25, 0.3) is 11.0 Å². The van der Waals surface area contributed by atoms with Crippen LogP contribution in [-0.2, 0) is 36.1 Å². The molecule has 0 saturated carbocycles. The Bertz CT molecular complexity index is 2350. The lowest BCUT2D eigenvalue weighted by molar-refractivity contribution is -0.155. The van der Waals surface area contributed by atoms with E-state index in [0.717, 1.165) is 40.6 Å². The minimum absolute atomic E-state index is 0.0403. The van der Waals surface area contributed by atoms with E-state index >= 15 is 0 Å². The van der Waals surface area contributed by atoms with Gasteiger partial charge in [-0.05, 0) is 5.57 Å². The maximum Gasteiger partial charge on any atom is 0.352 e. The zero-order valence-electron chi connectivity index (χ0n) is 28.8. The minimum Gasteiger partial charge on any atom is -0.481 e. The number of aliphatic carboxylic acids is 2. The van der Waals surface area contributed by atoms with Gasteiger partial charge < -0.3 is 40.7 Å². The monoisotopic (exact) mass is 822 g/mol. The fourth-order valence-corrected chi connectivity index (χ4v) is 9.58. The molecule has 0 spiro atoms. The minimum atomic E-state index is -2.81. The smallest absolute Gasteiger partial charge is 0.352 e. The number of rotatable bonds is 13. The molecule has 290 valence electrons. The summed E-state index contributed by atoms with van der Waals surface area (Å²) in [6.07, 6.45) is 2.80. The largest absolute Gasteiger partial charge is 0.481 e. The fraction of sp³-hybridized carbons (Fsp3) is 0.303. The van der Waals surface area contributed by atoms with Gasteiger partial charge in [0.2, 0.25) is 23.5 Å². The highest BCUT2D eigenvalue weighted by Gasteiger charge is 2.56. The molecule has 56 heavy (non-hydrogen) atoms. The van der Waals surface area contributed by atoms with Gasteiger partial charge in [-0.15, -0.1) is 22.0 Å². The lowest BCUT2D eigenvalue weighted by Gasteiger charge is -2.50. The summed E-state index contributed by atoms with van der Waals surface area (Å²) in [5.74, 6) is -4.98. The van der Waals surface area contributed by atoms with E-state index in [1.807, 2.05) is 4.90 Å². The predicted molar refractivity (Wildman–Crippen MR) is 199 cm³/mol. The maximum absolute atomic E-state index is 13.9. The zero-order chi connectivity index (χ0) is 39.7. The molecule has 3 aromatic heterocycles. The number of fused-ring (bicyclic) bond motifs is 2. The summed E-state index contributed by atoms with van der Waals surface area (Å²) >= 11 is 3.38. The van der Waals surface area contributed by atoms with E-state index in [4.69, 9.17) is 5.11 Å². The van der Waals surface area contributed by atoms with Gasteiger partial charge >= 0.3 is 11.9 Å². The van der Waals surface area contributed by atoms with Crippen LogP contribution in [0.1, 0.15) is 20.9 Å². The number of carbonyl (C=O) groups is 6. The number of benzene rings is 1. The molecule has 2 unspecified atom stereocenters. The van der Waals surface area contributed by atoms with E-state index in [0.29, 0.717) is 42.0 Å². The number of anilines is 1. The van der Waals surface area contributed by atoms with Crippen LogP contribution < -0.4 is 21.0 Å². The van der Waals surface area contributed by atoms with Crippen molar-refractivity contribution >= 4 is 87.9 Å². The number of carboxylic acid groups (broad SMARTS) is 2. The highest BCUT2D eigenvalue weighted by Crippen LogP contribution is 2.42. The average Bonchev–Trinajstić information content (AvgIpc) is 3.65. The molecule has 6 N–H and O–H groups in total. The van der Waals surface area contributed by atoms with E-state index in [9.17, 15) is 43.8 Å². The van der Waals surface area contributed by atoms with Crippen LogP contribution in [0.4, 0.5) is 5.95 Å². The second kappa shape index (κ2) is 15.7. The van der Waals surface area contributed by atoms with E-state index in [1.165, 1.54) is 42.2 Å². The molecular weight excluding hydrogens is 793 g/mol. The number of pyridine rings is 1. The second-order valence-corrected chi connectivity index (χ2v) is 16.0. The first-order valence-corrected chi connectivity index (χ1v) is 19.5. The number of thioether (sulfide) groups is 2. The molecule has 4 aromatic rings. The van der Waals surface area contributed by atoms with Crippen molar-refractivity contribution in [3.8, 4) is 0 Å². The van der Waals surface area contributed by atoms with Crippen molar-refractivity contribution < 1.29 is 44.1 Å². The number of nitrogens with one attached hydrogen (secondary N) is 3. The Morgan fingerprint density at radius 2 is 1.82 bits per heavy atom. The molecule has 4 amide bonds. The molecule has 0 bridgehead atoms. The molecule has 2 fully saturated rings. The Balaban J connectivity index is 1.07. The zero-order valence-corrected chi connectivity index (χ0v) is 31.2. The van der Waals surface area contributed by atoms with E-state index < -0.39 is 57.8 Å². The SMILES string of the molecule is O=CN1CCN(c2ncc3c(=O)c(C(=O)NC(O)(C(=O)NC4C(=O)N5C(C(=O)O)=C(CSc6nnc(CC(=O)O)s6)CS[C@@H]45)c4ccccc4)c[nH]c3n2)CC1. The van der Waals surface area contributed by atoms with Crippen LogP contribution in [0.2, 0.25) is 0 Å². The van der Waals surface area contributed by atoms with Gasteiger partial charge in [-0.25, -0.2) is 9.78 Å². The summed E-state index contributed by atoms with van der Waals surface area (Å²) in [4.78, 5) is 105. The van der Waals surface area contributed by atoms with Gasteiger partial charge in [-0.2, -0.15) is 4.98 Å². The molecule has 7 rings (SSSR count). The number of nitrogens with zero attached hydrogens (tertiary/aromatic N) is 7. The normalized spacial score (nSPS) is 19.2. The van der Waals surface area contributed by atoms with Crippen molar-refractivity contribution in [3.05, 3.63) is 80.4 Å². The Labute approximate surface area is 327 Å². The van der Waals surface area contributed by atoms with Gasteiger partial charge in [0.05, 0.1) is 11.8 Å².